The minimum atomic E-state index is -2.56. The summed E-state index contributed by atoms with van der Waals surface area (Å²) in [4.78, 5) is 12.9. The first kappa shape index (κ1) is 23.7. The second-order valence-electron chi connectivity index (χ2n) is 8.29. The minimum Gasteiger partial charge on any atom is -0.473 e. The van der Waals surface area contributed by atoms with Crippen LogP contribution in [0.1, 0.15) is 53.4 Å². The van der Waals surface area contributed by atoms with Gasteiger partial charge in [-0.3, -0.25) is 4.79 Å². The van der Waals surface area contributed by atoms with Gasteiger partial charge in [0.25, 0.3) is 0 Å². The molecule has 172 valence electrons. The number of aromatic nitrogens is 2. The summed E-state index contributed by atoms with van der Waals surface area (Å²) >= 11 is 0. The molecule has 1 unspecified atom stereocenters. The fourth-order valence-corrected chi connectivity index (χ4v) is 3.60. The summed E-state index contributed by atoms with van der Waals surface area (Å²) in [6, 6.07) is 6.93. The van der Waals surface area contributed by atoms with Crippen LogP contribution in [0.4, 0.5) is 17.6 Å². The number of aryl methyl sites for hydroxylation is 2. The van der Waals surface area contributed by atoms with E-state index in [2.05, 4.69) is 5.10 Å². The molecule has 2 N–H and O–H groups in total. The zero-order chi connectivity index (χ0) is 23.6. The first-order chi connectivity index (χ1) is 15.0. The lowest BCUT2D eigenvalue weighted by atomic mass is 9.91. The van der Waals surface area contributed by atoms with Gasteiger partial charge in [-0.1, -0.05) is 6.07 Å². The summed E-state index contributed by atoms with van der Waals surface area (Å²) in [5, 5.41) is 4.36. The van der Waals surface area contributed by atoms with E-state index in [1.807, 2.05) is 0 Å². The van der Waals surface area contributed by atoms with Crippen molar-refractivity contribution in [1.82, 2.24) is 9.61 Å². The van der Waals surface area contributed by atoms with Crippen molar-refractivity contribution in [3.05, 3.63) is 64.4 Å². The molecule has 0 spiro atoms. The molecular formula is C23H25F4N3O2. The zero-order valence-electron chi connectivity index (χ0n) is 18.1. The molecule has 1 atom stereocenters. The standard InChI is InChI=1S/C23H25F4N3O2/c1-13-9-18-22(19(31)7-8-23(3,28)11-20(26)27)14(2)29-30(18)21(10-13)32-12-15-16(24)5-4-6-17(15)25/h4-6,9-10,20H,7-8,11-12,28H2,1-3H3. The SMILES string of the molecule is Cc1cc(OCc2c(F)cccc2F)n2nc(C)c(C(=O)CCC(C)(N)CC(F)F)c2c1. The van der Waals surface area contributed by atoms with E-state index in [-0.39, 0.29) is 36.7 Å². The Morgan fingerprint density at radius 2 is 1.88 bits per heavy atom. The topological polar surface area (TPSA) is 69.6 Å². The summed E-state index contributed by atoms with van der Waals surface area (Å²) in [7, 11) is 0. The van der Waals surface area contributed by atoms with Gasteiger partial charge >= 0.3 is 0 Å². The molecule has 0 bridgehead atoms. The molecule has 0 saturated carbocycles. The maximum absolute atomic E-state index is 13.9. The van der Waals surface area contributed by atoms with Gasteiger partial charge in [-0.15, -0.1) is 0 Å². The molecule has 0 fully saturated rings. The lowest BCUT2D eigenvalue weighted by Gasteiger charge is -2.23. The third-order valence-electron chi connectivity index (χ3n) is 5.27. The van der Waals surface area contributed by atoms with Crippen molar-refractivity contribution in [2.45, 2.75) is 58.6 Å². The molecule has 2 aromatic heterocycles. The lowest BCUT2D eigenvalue weighted by Crippen LogP contribution is -2.38. The van der Waals surface area contributed by atoms with Gasteiger partial charge in [-0.05, 0) is 51.0 Å². The van der Waals surface area contributed by atoms with E-state index in [4.69, 9.17) is 10.5 Å². The summed E-state index contributed by atoms with van der Waals surface area (Å²) in [6.07, 6.45) is -2.99. The number of nitrogens with zero attached hydrogens (tertiary/aromatic N) is 2. The first-order valence-corrected chi connectivity index (χ1v) is 10.1. The molecule has 5 nitrogen and oxygen atoms in total. The highest BCUT2D eigenvalue weighted by atomic mass is 19.3. The van der Waals surface area contributed by atoms with Gasteiger partial charge in [0.15, 0.2) is 5.78 Å². The monoisotopic (exact) mass is 451 g/mol. The van der Waals surface area contributed by atoms with Crippen LogP contribution in [-0.4, -0.2) is 27.4 Å². The maximum atomic E-state index is 13.9. The Kier molecular flexibility index (Phi) is 6.88. The number of carbonyl (C=O) groups excluding carboxylic acids is 1. The van der Waals surface area contributed by atoms with E-state index in [0.29, 0.717) is 16.8 Å². The van der Waals surface area contributed by atoms with Gasteiger partial charge < -0.3 is 10.5 Å². The Bertz CT molecular complexity index is 1120. The molecule has 0 radical (unpaired) electrons. The van der Waals surface area contributed by atoms with Crippen LogP contribution in [-0.2, 0) is 6.61 Å². The molecule has 0 amide bonds. The number of hydrogen-bond acceptors (Lipinski definition) is 4. The largest absolute Gasteiger partial charge is 0.473 e. The summed E-state index contributed by atoms with van der Waals surface area (Å²) in [5.74, 6) is -1.52. The second kappa shape index (κ2) is 9.28. The number of fused-ring (bicyclic) bond motifs is 1. The first-order valence-electron chi connectivity index (χ1n) is 10.1. The summed E-state index contributed by atoms with van der Waals surface area (Å²) in [6.45, 7) is 4.56. The minimum absolute atomic E-state index is 0.0213. The predicted molar refractivity (Wildman–Crippen MR) is 112 cm³/mol. The Balaban J connectivity index is 1.88. The zero-order valence-corrected chi connectivity index (χ0v) is 18.1. The van der Waals surface area contributed by atoms with Gasteiger partial charge in [-0.25, -0.2) is 22.1 Å². The van der Waals surface area contributed by atoms with Crippen LogP contribution in [0.5, 0.6) is 5.88 Å². The molecule has 9 heteroatoms. The number of pyridine rings is 1. The number of ketones is 1. The van der Waals surface area contributed by atoms with Crippen molar-refractivity contribution >= 4 is 11.3 Å². The van der Waals surface area contributed by atoms with E-state index in [9.17, 15) is 22.4 Å². The normalized spacial score (nSPS) is 13.5. The molecule has 0 aliphatic heterocycles. The van der Waals surface area contributed by atoms with Crippen LogP contribution in [0, 0.1) is 25.5 Å². The Morgan fingerprint density at radius 3 is 2.50 bits per heavy atom. The van der Waals surface area contributed by atoms with Gasteiger partial charge in [0.05, 0.1) is 22.3 Å². The Labute approximate surface area is 183 Å². The number of benzene rings is 1. The van der Waals surface area contributed by atoms with E-state index in [1.54, 1.807) is 26.0 Å². The highest BCUT2D eigenvalue weighted by Gasteiger charge is 2.27. The predicted octanol–water partition coefficient (Wildman–Crippen LogP) is 5.14. The number of ether oxygens (including phenoxy) is 1. The van der Waals surface area contributed by atoms with Crippen molar-refractivity contribution in [3.8, 4) is 5.88 Å². The number of carbonyl (C=O) groups is 1. The molecule has 3 rings (SSSR count). The van der Waals surface area contributed by atoms with Crippen LogP contribution < -0.4 is 10.5 Å². The van der Waals surface area contributed by atoms with Crippen LogP contribution >= 0.6 is 0 Å². The average Bonchev–Trinajstić information content (AvgIpc) is 3.00. The fourth-order valence-electron chi connectivity index (χ4n) is 3.60. The van der Waals surface area contributed by atoms with Crippen LogP contribution in [0.3, 0.4) is 0 Å². The second-order valence-corrected chi connectivity index (χ2v) is 8.29. The maximum Gasteiger partial charge on any atom is 0.240 e. The average molecular weight is 451 g/mol. The van der Waals surface area contributed by atoms with Gasteiger partial charge in [0.2, 0.25) is 12.3 Å². The molecule has 1 aromatic carbocycles. The highest BCUT2D eigenvalue weighted by molar-refractivity contribution is 6.03. The lowest BCUT2D eigenvalue weighted by molar-refractivity contribution is 0.0913. The summed E-state index contributed by atoms with van der Waals surface area (Å²) in [5.41, 5.74) is 6.48. The Morgan fingerprint density at radius 1 is 1.22 bits per heavy atom. The van der Waals surface area contributed by atoms with E-state index < -0.39 is 30.0 Å². The van der Waals surface area contributed by atoms with Crippen molar-refractivity contribution in [2.24, 2.45) is 5.73 Å². The number of Topliss-reactive ketones (excluding diaryl/α,β-unsaturated/α-hetero) is 1. The Hall–Kier alpha value is -2.94. The molecule has 32 heavy (non-hydrogen) atoms. The highest BCUT2D eigenvalue weighted by Crippen LogP contribution is 2.27. The fraction of sp³-hybridized carbons (Fsp3) is 0.391. The summed E-state index contributed by atoms with van der Waals surface area (Å²) < 4.78 is 60.3. The number of hydrogen-bond donors (Lipinski definition) is 1. The van der Waals surface area contributed by atoms with Crippen LogP contribution in [0.2, 0.25) is 0 Å². The van der Waals surface area contributed by atoms with Gasteiger partial charge in [0.1, 0.15) is 18.2 Å². The number of nitrogens with two attached hydrogens (primary N) is 1. The third-order valence-corrected chi connectivity index (χ3v) is 5.27. The molecule has 2 heterocycles. The van der Waals surface area contributed by atoms with Crippen molar-refractivity contribution in [1.29, 1.82) is 0 Å². The van der Waals surface area contributed by atoms with Crippen LogP contribution in [0.25, 0.3) is 5.52 Å². The van der Waals surface area contributed by atoms with E-state index >= 15 is 0 Å². The number of halogens is 4. The molecule has 0 aliphatic carbocycles. The van der Waals surface area contributed by atoms with E-state index in [0.717, 1.165) is 17.7 Å². The molecule has 0 saturated heterocycles. The van der Waals surface area contributed by atoms with E-state index in [1.165, 1.54) is 17.5 Å². The molecular weight excluding hydrogens is 426 g/mol. The van der Waals surface area contributed by atoms with Gasteiger partial charge in [-0.2, -0.15) is 5.10 Å². The third kappa shape index (κ3) is 5.27. The van der Waals surface area contributed by atoms with Crippen molar-refractivity contribution in [3.63, 3.8) is 0 Å². The smallest absolute Gasteiger partial charge is 0.240 e. The number of rotatable bonds is 9. The molecule has 3 aromatic rings. The van der Waals surface area contributed by atoms with Crippen molar-refractivity contribution in [2.75, 3.05) is 0 Å². The van der Waals surface area contributed by atoms with Crippen molar-refractivity contribution < 1.29 is 27.1 Å². The molecule has 0 aliphatic rings. The number of alkyl halides is 2. The quantitative estimate of drug-likeness (QED) is 0.361. The van der Waals surface area contributed by atoms with Crippen LogP contribution in [0.15, 0.2) is 30.3 Å². The van der Waals surface area contributed by atoms with Gasteiger partial charge in [0, 0.05) is 24.4 Å².